The number of anilines is 2. The van der Waals surface area contributed by atoms with E-state index >= 15 is 0 Å². The van der Waals surface area contributed by atoms with Gasteiger partial charge in [-0.2, -0.15) is 0 Å². The van der Waals surface area contributed by atoms with Crippen molar-refractivity contribution in [2.24, 2.45) is 0 Å². The molecule has 0 aromatic heterocycles. The number of hydrogen-bond donors (Lipinski definition) is 3. The van der Waals surface area contributed by atoms with Crippen molar-refractivity contribution in [2.75, 3.05) is 17.7 Å². The number of halogens is 1. The largest absolute Gasteiger partial charge is 0.465 e. The van der Waals surface area contributed by atoms with E-state index < -0.39 is 28.9 Å². The third-order valence-electron chi connectivity index (χ3n) is 6.12. The summed E-state index contributed by atoms with van der Waals surface area (Å²) in [7, 11) is 1.27. The number of esters is 1. The van der Waals surface area contributed by atoms with Crippen LogP contribution in [0.15, 0.2) is 114 Å². The highest BCUT2D eigenvalue weighted by Crippen LogP contribution is 2.27. The molecule has 0 aliphatic carbocycles. The first-order chi connectivity index (χ1) is 20.7. The molecule has 0 aliphatic heterocycles. The summed E-state index contributed by atoms with van der Waals surface area (Å²) in [5.41, 5.74) is 1.35. The SMILES string of the molecule is COC(=O)c1ccccc1NC(=O)C(C)Sc1ccc(NC(=O)/C(=C/c2ccccc2F)NC(=O)c2ccccc2)cc1. The minimum Gasteiger partial charge on any atom is -0.465 e. The van der Waals surface area contributed by atoms with Crippen LogP contribution in [0.2, 0.25) is 0 Å². The molecule has 10 heteroatoms. The molecule has 3 N–H and O–H groups in total. The summed E-state index contributed by atoms with van der Waals surface area (Å²) in [5.74, 6) is -2.58. The van der Waals surface area contributed by atoms with Gasteiger partial charge in [0.2, 0.25) is 5.91 Å². The normalized spacial score (nSPS) is 11.7. The van der Waals surface area contributed by atoms with Gasteiger partial charge in [0.1, 0.15) is 11.5 Å². The molecular weight excluding hydrogens is 569 g/mol. The maximum atomic E-state index is 14.4. The lowest BCUT2D eigenvalue weighted by molar-refractivity contribution is -0.115. The molecule has 4 rings (SSSR count). The molecule has 0 saturated carbocycles. The van der Waals surface area contributed by atoms with Crippen LogP contribution in [0.4, 0.5) is 15.8 Å². The molecule has 0 spiro atoms. The van der Waals surface area contributed by atoms with Gasteiger partial charge in [0.05, 0.1) is 23.6 Å². The topological polar surface area (TPSA) is 114 Å². The smallest absolute Gasteiger partial charge is 0.339 e. The highest BCUT2D eigenvalue weighted by molar-refractivity contribution is 8.00. The predicted molar refractivity (Wildman–Crippen MR) is 165 cm³/mol. The minimum absolute atomic E-state index is 0.134. The fourth-order valence-corrected chi connectivity index (χ4v) is 4.74. The Balaban J connectivity index is 1.43. The fourth-order valence-electron chi connectivity index (χ4n) is 3.88. The second-order valence-corrected chi connectivity index (χ2v) is 10.6. The third-order valence-corrected chi connectivity index (χ3v) is 7.23. The van der Waals surface area contributed by atoms with Gasteiger partial charge in [0, 0.05) is 21.7 Å². The van der Waals surface area contributed by atoms with Gasteiger partial charge < -0.3 is 20.7 Å². The van der Waals surface area contributed by atoms with E-state index in [0.717, 1.165) is 4.90 Å². The first kappa shape index (κ1) is 30.7. The third kappa shape index (κ3) is 8.40. The van der Waals surface area contributed by atoms with Crippen LogP contribution in [0.25, 0.3) is 6.08 Å². The van der Waals surface area contributed by atoms with Gasteiger partial charge in [-0.3, -0.25) is 14.4 Å². The molecule has 8 nitrogen and oxygen atoms in total. The first-order valence-electron chi connectivity index (χ1n) is 13.1. The van der Waals surface area contributed by atoms with E-state index in [1.807, 2.05) is 0 Å². The molecular formula is C33H28FN3O5S. The van der Waals surface area contributed by atoms with Crippen molar-refractivity contribution in [3.63, 3.8) is 0 Å². The maximum absolute atomic E-state index is 14.4. The fraction of sp³-hybridized carbons (Fsp3) is 0.0909. The van der Waals surface area contributed by atoms with Crippen LogP contribution in [-0.4, -0.2) is 36.1 Å². The van der Waals surface area contributed by atoms with Crippen LogP contribution in [0.5, 0.6) is 0 Å². The minimum atomic E-state index is -0.648. The van der Waals surface area contributed by atoms with Gasteiger partial charge in [-0.05, 0) is 67.6 Å². The number of thioether (sulfide) groups is 1. The van der Waals surface area contributed by atoms with Crippen LogP contribution in [-0.2, 0) is 14.3 Å². The molecule has 0 aliphatic rings. The van der Waals surface area contributed by atoms with Gasteiger partial charge in [0.25, 0.3) is 11.8 Å². The van der Waals surface area contributed by atoms with Crippen molar-refractivity contribution >= 4 is 52.9 Å². The van der Waals surface area contributed by atoms with E-state index in [-0.39, 0.29) is 22.7 Å². The first-order valence-corrected chi connectivity index (χ1v) is 14.0. The summed E-state index contributed by atoms with van der Waals surface area (Å²) in [6.07, 6.45) is 1.27. The molecule has 43 heavy (non-hydrogen) atoms. The number of amides is 3. The monoisotopic (exact) mass is 597 g/mol. The number of nitrogens with one attached hydrogen (secondary N) is 3. The number of benzene rings is 4. The Hall–Kier alpha value is -5.22. The second-order valence-electron chi connectivity index (χ2n) is 9.16. The number of para-hydroxylation sites is 1. The Bertz CT molecular complexity index is 1660. The van der Waals surface area contributed by atoms with Crippen LogP contribution >= 0.6 is 11.8 Å². The maximum Gasteiger partial charge on any atom is 0.339 e. The van der Waals surface area contributed by atoms with Crippen molar-refractivity contribution in [2.45, 2.75) is 17.1 Å². The molecule has 1 atom stereocenters. The number of hydrogen-bond acceptors (Lipinski definition) is 6. The van der Waals surface area contributed by atoms with Crippen LogP contribution in [0.3, 0.4) is 0 Å². The summed E-state index contributed by atoms with van der Waals surface area (Å²) < 4.78 is 19.1. The molecule has 0 saturated heterocycles. The molecule has 0 fully saturated rings. The molecule has 1 unspecified atom stereocenters. The molecule has 0 heterocycles. The molecule has 218 valence electrons. The lowest BCUT2D eigenvalue weighted by Crippen LogP contribution is -2.30. The van der Waals surface area contributed by atoms with Gasteiger partial charge in [-0.25, -0.2) is 9.18 Å². The molecule has 3 amide bonds. The number of ether oxygens (including phenoxy) is 1. The average Bonchev–Trinajstić information content (AvgIpc) is 3.02. The molecule has 0 radical (unpaired) electrons. The standard InChI is InChI=1S/C33H28FN3O5S/c1-21(30(38)36-28-15-9-7-13-26(28)33(41)42-2)43-25-18-16-24(17-19-25)35-32(40)29(20-23-12-6-8-14-27(23)34)37-31(39)22-10-4-3-5-11-22/h3-21H,1-2H3,(H,35,40)(H,36,38)(H,37,39)/b29-20-. The Morgan fingerprint density at radius 3 is 2.16 bits per heavy atom. The van der Waals surface area contributed by atoms with Crippen molar-refractivity contribution in [3.8, 4) is 0 Å². The summed E-state index contributed by atoms with van der Waals surface area (Å²) in [6.45, 7) is 1.73. The Morgan fingerprint density at radius 2 is 1.47 bits per heavy atom. The Morgan fingerprint density at radius 1 is 0.814 bits per heavy atom. The zero-order valence-electron chi connectivity index (χ0n) is 23.3. The van der Waals surface area contributed by atoms with E-state index in [9.17, 15) is 23.6 Å². The van der Waals surface area contributed by atoms with Gasteiger partial charge in [0.15, 0.2) is 0 Å². The average molecular weight is 598 g/mol. The van der Waals surface area contributed by atoms with Crippen molar-refractivity contribution in [1.29, 1.82) is 0 Å². The second kappa shape index (κ2) is 14.6. The van der Waals surface area contributed by atoms with E-state index in [0.29, 0.717) is 16.9 Å². The van der Waals surface area contributed by atoms with Gasteiger partial charge >= 0.3 is 5.97 Å². The number of carbonyl (C=O) groups is 4. The number of rotatable bonds is 10. The van der Waals surface area contributed by atoms with E-state index in [2.05, 4.69) is 16.0 Å². The summed E-state index contributed by atoms with van der Waals surface area (Å²) >= 11 is 1.28. The van der Waals surface area contributed by atoms with E-state index in [4.69, 9.17) is 4.74 Å². The zero-order chi connectivity index (χ0) is 30.8. The van der Waals surface area contributed by atoms with Crippen molar-refractivity contribution < 1.29 is 28.3 Å². The quantitative estimate of drug-likeness (QED) is 0.115. The van der Waals surface area contributed by atoms with Crippen LogP contribution in [0.1, 0.15) is 33.2 Å². The van der Waals surface area contributed by atoms with Crippen molar-refractivity contribution in [1.82, 2.24) is 5.32 Å². The van der Waals surface area contributed by atoms with Crippen molar-refractivity contribution in [3.05, 3.63) is 131 Å². The van der Waals surface area contributed by atoms with E-state index in [1.54, 1.807) is 91.9 Å². The molecule has 0 bridgehead atoms. The highest BCUT2D eigenvalue weighted by Gasteiger charge is 2.19. The summed E-state index contributed by atoms with van der Waals surface area (Å²) in [5, 5.41) is 7.54. The lowest BCUT2D eigenvalue weighted by Gasteiger charge is -2.15. The highest BCUT2D eigenvalue weighted by atomic mass is 32.2. The summed E-state index contributed by atoms with van der Waals surface area (Å²) in [4.78, 5) is 51.6. The Kier molecular flexibility index (Phi) is 10.4. The predicted octanol–water partition coefficient (Wildman–Crippen LogP) is 6.14. The van der Waals surface area contributed by atoms with Gasteiger partial charge in [-0.15, -0.1) is 11.8 Å². The van der Waals surface area contributed by atoms with Crippen LogP contribution < -0.4 is 16.0 Å². The number of carbonyl (C=O) groups excluding carboxylic acids is 4. The zero-order valence-corrected chi connectivity index (χ0v) is 24.1. The van der Waals surface area contributed by atoms with Crippen LogP contribution in [0, 0.1) is 5.82 Å². The van der Waals surface area contributed by atoms with Gasteiger partial charge in [-0.1, -0.05) is 48.5 Å². The molecule has 4 aromatic carbocycles. The lowest BCUT2D eigenvalue weighted by atomic mass is 10.1. The molecule has 4 aromatic rings. The van der Waals surface area contributed by atoms with E-state index in [1.165, 1.54) is 43.1 Å². The number of methoxy groups -OCH3 is 1. The Labute approximate surface area is 252 Å². The summed E-state index contributed by atoms with van der Waals surface area (Å²) in [6, 6.07) is 27.6.